The van der Waals surface area contributed by atoms with E-state index in [9.17, 15) is 4.79 Å². The molecule has 138 valence electrons. The van der Waals surface area contributed by atoms with E-state index in [2.05, 4.69) is 15.3 Å². The first-order chi connectivity index (χ1) is 13.2. The fourth-order valence-electron chi connectivity index (χ4n) is 3.09. The van der Waals surface area contributed by atoms with Gasteiger partial charge in [0.2, 0.25) is 0 Å². The molecule has 1 aliphatic heterocycles. The highest BCUT2D eigenvalue weighted by Gasteiger charge is 2.17. The van der Waals surface area contributed by atoms with Gasteiger partial charge in [-0.3, -0.25) is 4.79 Å². The first-order valence-corrected chi connectivity index (χ1v) is 9.12. The van der Waals surface area contributed by atoms with Gasteiger partial charge in [-0.15, -0.1) is 0 Å². The maximum Gasteiger partial charge on any atom is 0.255 e. The lowest BCUT2D eigenvalue weighted by molar-refractivity contribution is 0.102. The van der Waals surface area contributed by atoms with Crippen molar-refractivity contribution in [2.24, 2.45) is 0 Å². The molecule has 0 atom stereocenters. The van der Waals surface area contributed by atoms with Crippen LogP contribution in [-0.4, -0.2) is 42.0 Å². The van der Waals surface area contributed by atoms with Crippen LogP contribution < -0.4 is 10.2 Å². The van der Waals surface area contributed by atoms with Gasteiger partial charge < -0.3 is 15.0 Å². The van der Waals surface area contributed by atoms with Crippen molar-refractivity contribution in [2.45, 2.75) is 0 Å². The number of aromatic nitrogens is 2. The standard InChI is InChI=1S/C20H19ClN4O2/c21-16-5-6-19(24-9-11-27-12-10-24)18(14-16)23-20(26)15-3-1-4-17(13-15)25-8-2-7-22-25/h1-8,13-14H,9-12H2,(H,23,26). The molecule has 0 aliphatic carbocycles. The van der Waals surface area contributed by atoms with Crippen LogP contribution in [0.15, 0.2) is 60.9 Å². The summed E-state index contributed by atoms with van der Waals surface area (Å²) in [6.45, 7) is 2.89. The van der Waals surface area contributed by atoms with Gasteiger partial charge >= 0.3 is 0 Å². The molecule has 1 amide bonds. The molecule has 2 aromatic carbocycles. The highest BCUT2D eigenvalue weighted by atomic mass is 35.5. The fourth-order valence-corrected chi connectivity index (χ4v) is 3.27. The summed E-state index contributed by atoms with van der Waals surface area (Å²) in [5, 5.41) is 7.79. The van der Waals surface area contributed by atoms with Crippen LogP contribution in [-0.2, 0) is 4.74 Å². The summed E-state index contributed by atoms with van der Waals surface area (Å²) in [6.07, 6.45) is 3.54. The second kappa shape index (κ2) is 7.82. The number of hydrogen-bond acceptors (Lipinski definition) is 4. The van der Waals surface area contributed by atoms with Gasteiger partial charge in [-0.2, -0.15) is 5.10 Å². The number of rotatable bonds is 4. The number of ether oxygens (including phenoxy) is 1. The number of amides is 1. The van der Waals surface area contributed by atoms with Crippen molar-refractivity contribution in [3.05, 3.63) is 71.5 Å². The Morgan fingerprint density at radius 1 is 1.11 bits per heavy atom. The number of hydrogen-bond donors (Lipinski definition) is 1. The van der Waals surface area contributed by atoms with Gasteiger partial charge in [-0.1, -0.05) is 17.7 Å². The molecule has 4 rings (SSSR count). The first-order valence-electron chi connectivity index (χ1n) is 8.74. The SMILES string of the molecule is O=C(Nc1cc(Cl)ccc1N1CCOCC1)c1cccc(-n2cccn2)c1. The summed E-state index contributed by atoms with van der Waals surface area (Å²) in [6, 6.07) is 14.7. The van der Waals surface area contributed by atoms with Crippen LogP contribution in [0.3, 0.4) is 0 Å². The summed E-state index contributed by atoms with van der Waals surface area (Å²) in [5.74, 6) is -0.194. The Morgan fingerprint density at radius 3 is 2.74 bits per heavy atom. The molecule has 1 saturated heterocycles. The normalized spacial score (nSPS) is 14.2. The van der Waals surface area contributed by atoms with Gasteiger partial charge in [-0.05, 0) is 42.5 Å². The molecule has 1 aromatic heterocycles. The van der Waals surface area contributed by atoms with Crippen molar-refractivity contribution in [1.29, 1.82) is 0 Å². The number of morpholine rings is 1. The third-order valence-corrected chi connectivity index (χ3v) is 4.67. The zero-order valence-electron chi connectivity index (χ0n) is 14.6. The van der Waals surface area contributed by atoms with Gasteiger partial charge in [0.1, 0.15) is 0 Å². The number of carbonyl (C=O) groups excluding carboxylic acids is 1. The lowest BCUT2D eigenvalue weighted by atomic mass is 10.1. The Morgan fingerprint density at radius 2 is 1.96 bits per heavy atom. The Hall–Kier alpha value is -2.83. The van der Waals surface area contributed by atoms with Crippen LogP contribution in [0.4, 0.5) is 11.4 Å². The van der Waals surface area contributed by atoms with E-state index < -0.39 is 0 Å². The van der Waals surface area contributed by atoms with Crippen molar-refractivity contribution in [2.75, 3.05) is 36.5 Å². The van der Waals surface area contributed by atoms with Gasteiger partial charge in [0, 0.05) is 36.1 Å². The molecule has 7 heteroatoms. The van der Waals surface area contributed by atoms with E-state index >= 15 is 0 Å². The van der Waals surface area contributed by atoms with Crippen molar-refractivity contribution in [3.8, 4) is 5.69 Å². The van der Waals surface area contributed by atoms with Crippen LogP contribution in [0.2, 0.25) is 5.02 Å². The zero-order valence-corrected chi connectivity index (χ0v) is 15.4. The molecule has 0 spiro atoms. The predicted octanol–water partition coefficient (Wildman–Crippen LogP) is 3.61. The highest BCUT2D eigenvalue weighted by molar-refractivity contribution is 6.31. The van der Waals surface area contributed by atoms with E-state index in [-0.39, 0.29) is 5.91 Å². The van der Waals surface area contributed by atoms with Crippen LogP contribution >= 0.6 is 11.6 Å². The monoisotopic (exact) mass is 382 g/mol. The molecule has 1 aliphatic rings. The summed E-state index contributed by atoms with van der Waals surface area (Å²) in [4.78, 5) is 15.0. The molecule has 1 fully saturated rings. The summed E-state index contributed by atoms with van der Waals surface area (Å²) >= 11 is 6.17. The zero-order chi connectivity index (χ0) is 18.6. The van der Waals surface area contributed by atoms with Crippen LogP contribution in [0, 0.1) is 0 Å². The Bertz CT molecular complexity index is 937. The average Bonchev–Trinajstić information content (AvgIpc) is 3.24. The Balaban J connectivity index is 1.59. The molecule has 3 aromatic rings. The lowest BCUT2D eigenvalue weighted by Gasteiger charge is -2.30. The highest BCUT2D eigenvalue weighted by Crippen LogP contribution is 2.30. The summed E-state index contributed by atoms with van der Waals surface area (Å²) in [7, 11) is 0. The number of benzene rings is 2. The molecule has 27 heavy (non-hydrogen) atoms. The molecule has 1 N–H and O–H groups in total. The number of nitrogens with zero attached hydrogens (tertiary/aromatic N) is 3. The largest absolute Gasteiger partial charge is 0.378 e. The molecule has 0 saturated carbocycles. The van der Waals surface area contributed by atoms with E-state index in [1.54, 1.807) is 29.1 Å². The number of carbonyl (C=O) groups is 1. The van der Waals surface area contributed by atoms with Gasteiger partial charge in [-0.25, -0.2) is 4.68 Å². The minimum Gasteiger partial charge on any atom is -0.378 e. The second-order valence-electron chi connectivity index (χ2n) is 6.22. The molecule has 6 nitrogen and oxygen atoms in total. The minimum atomic E-state index is -0.194. The van der Waals surface area contributed by atoms with E-state index in [0.717, 1.165) is 24.5 Å². The molecule has 0 radical (unpaired) electrons. The maximum absolute atomic E-state index is 12.9. The van der Waals surface area contributed by atoms with Crippen molar-refractivity contribution >= 4 is 28.9 Å². The van der Waals surface area contributed by atoms with Crippen LogP contribution in [0.25, 0.3) is 5.69 Å². The minimum absolute atomic E-state index is 0.194. The molecular formula is C20H19ClN4O2. The van der Waals surface area contributed by atoms with Gasteiger partial charge in [0.05, 0.1) is 30.3 Å². The predicted molar refractivity (Wildman–Crippen MR) is 106 cm³/mol. The second-order valence-corrected chi connectivity index (χ2v) is 6.65. The number of halogens is 1. The van der Waals surface area contributed by atoms with Gasteiger partial charge in [0.25, 0.3) is 5.91 Å². The van der Waals surface area contributed by atoms with Crippen molar-refractivity contribution < 1.29 is 9.53 Å². The molecule has 2 heterocycles. The third kappa shape index (κ3) is 3.97. The lowest BCUT2D eigenvalue weighted by Crippen LogP contribution is -2.36. The molecular weight excluding hydrogens is 364 g/mol. The Labute approximate surface area is 162 Å². The third-order valence-electron chi connectivity index (χ3n) is 4.44. The average molecular weight is 383 g/mol. The Kier molecular flexibility index (Phi) is 5.09. The van der Waals surface area contributed by atoms with Crippen molar-refractivity contribution in [1.82, 2.24) is 9.78 Å². The van der Waals surface area contributed by atoms with E-state index in [1.807, 2.05) is 36.5 Å². The topological polar surface area (TPSA) is 59.4 Å². The number of anilines is 2. The van der Waals surface area contributed by atoms with Gasteiger partial charge in [0.15, 0.2) is 0 Å². The number of nitrogens with one attached hydrogen (secondary N) is 1. The maximum atomic E-state index is 12.9. The van der Waals surface area contributed by atoms with Crippen molar-refractivity contribution in [3.63, 3.8) is 0 Å². The summed E-state index contributed by atoms with van der Waals surface area (Å²) < 4.78 is 7.14. The van der Waals surface area contributed by atoms with Crippen LogP contribution in [0.5, 0.6) is 0 Å². The molecule has 0 unspecified atom stereocenters. The van der Waals surface area contributed by atoms with E-state index in [4.69, 9.17) is 16.3 Å². The fraction of sp³-hybridized carbons (Fsp3) is 0.200. The van der Waals surface area contributed by atoms with E-state index in [0.29, 0.717) is 29.5 Å². The summed E-state index contributed by atoms with van der Waals surface area (Å²) in [5.41, 5.74) is 3.02. The quantitative estimate of drug-likeness (QED) is 0.748. The molecule has 0 bridgehead atoms. The first kappa shape index (κ1) is 17.6. The van der Waals surface area contributed by atoms with E-state index in [1.165, 1.54) is 0 Å². The smallest absolute Gasteiger partial charge is 0.255 e. The van der Waals surface area contributed by atoms with Crippen LogP contribution in [0.1, 0.15) is 10.4 Å².